The van der Waals surface area contributed by atoms with Crippen molar-refractivity contribution in [2.45, 2.75) is 12.6 Å². The second-order valence-electron chi connectivity index (χ2n) is 7.98. The van der Waals surface area contributed by atoms with Crippen LogP contribution >= 0.6 is 0 Å². The van der Waals surface area contributed by atoms with Crippen molar-refractivity contribution in [1.82, 2.24) is 4.90 Å². The highest BCUT2D eigenvalue weighted by atomic mass is 16.5. The highest BCUT2D eigenvalue weighted by Gasteiger charge is 2.42. The Morgan fingerprint density at radius 3 is 1.97 bits per heavy atom. The van der Waals surface area contributed by atoms with E-state index in [9.17, 15) is 0 Å². The molecule has 3 aromatic carbocycles. The third kappa shape index (κ3) is 3.45. The molecule has 29 heavy (non-hydrogen) atoms. The van der Waals surface area contributed by atoms with Crippen molar-refractivity contribution < 1.29 is 4.74 Å². The number of fused-ring (bicyclic) bond motifs is 1. The van der Waals surface area contributed by atoms with Gasteiger partial charge in [0.1, 0.15) is 5.75 Å². The predicted molar refractivity (Wildman–Crippen MR) is 119 cm³/mol. The zero-order valence-corrected chi connectivity index (χ0v) is 16.9. The number of nitrogens with zero attached hydrogens (tertiary/aromatic N) is 3. The summed E-state index contributed by atoms with van der Waals surface area (Å²) in [4.78, 5) is 7.35. The summed E-state index contributed by atoms with van der Waals surface area (Å²) in [6.07, 6.45) is 0. The van der Waals surface area contributed by atoms with Gasteiger partial charge in [-0.3, -0.25) is 4.90 Å². The first-order chi connectivity index (χ1) is 14.2. The van der Waals surface area contributed by atoms with Gasteiger partial charge in [-0.2, -0.15) is 0 Å². The van der Waals surface area contributed by atoms with E-state index in [1.165, 1.54) is 11.4 Å². The standard InChI is InChI=1S/C25H27N3O/c1-25(27-18-16-26(17-19-27)21-10-4-2-5-11-21)20-28(22-12-6-3-7-13-22)23-14-8-9-15-24(23)29-25/h2-15H,16-20H2,1H3. The molecule has 4 nitrogen and oxygen atoms in total. The van der Waals surface area contributed by atoms with Gasteiger partial charge in [0.05, 0.1) is 12.2 Å². The Bertz CT molecular complexity index is 954. The first-order valence-electron chi connectivity index (χ1n) is 10.4. The van der Waals surface area contributed by atoms with Crippen LogP contribution in [0.3, 0.4) is 0 Å². The minimum absolute atomic E-state index is 0.368. The molecule has 2 heterocycles. The van der Waals surface area contributed by atoms with E-state index >= 15 is 0 Å². The van der Waals surface area contributed by atoms with Crippen molar-refractivity contribution in [1.29, 1.82) is 0 Å². The fourth-order valence-electron chi connectivity index (χ4n) is 4.49. The molecule has 2 aliphatic rings. The largest absolute Gasteiger partial charge is 0.469 e. The Balaban J connectivity index is 1.39. The molecular formula is C25H27N3O. The Kier molecular flexibility index (Phi) is 4.64. The number of benzene rings is 3. The van der Waals surface area contributed by atoms with E-state index in [1.54, 1.807) is 0 Å². The summed E-state index contributed by atoms with van der Waals surface area (Å²) in [5.74, 6) is 0.954. The second-order valence-corrected chi connectivity index (χ2v) is 7.98. The number of hydrogen-bond donors (Lipinski definition) is 0. The van der Waals surface area contributed by atoms with E-state index in [2.05, 4.69) is 107 Å². The average molecular weight is 386 g/mol. The van der Waals surface area contributed by atoms with Crippen LogP contribution in [0.5, 0.6) is 5.75 Å². The molecule has 5 rings (SSSR count). The van der Waals surface area contributed by atoms with Crippen LogP contribution in [0.15, 0.2) is 84.9 Å². The first kappa shape index (κ1) is 18.1. The molecular weight excluding hydrogens is 358 g/mol. The lowest BCUT2D eigenvalue weighted by Gasteiger charge is -2.50. The first-order valence-corrected chi connectivity index (χ1v) is 10.4. The molecule has 0 spiro atoms. The van der Waals surface area contributed by atoms with Gasteiger partial charge in [-0.25, -0.2) is 0 Å². The topological polar surface area (TPSA) is 19.0 Å². The average Bonchev–Trinajstić information content (AvgIpc) is 2.80. The maximum Gasteiger partial charge on any atom is 0.178 e. The summed E-state index contributed by atoms with van der Waals surface area (Å²) in [5, 5.41) is 0. The van der Waals surface area contributed by atoms with Crippen LogP contribution in [-0.4, -0.2) is 43.3 Å². The van der Waals surface area contributed by atoms with Crippen LogP contribution in [0.25, 0.3) is 0 Å². The van der Waals surface area contributed by atoms with E-state index in [4.69, 9.17) is 4.74 Å². The maximum absolute atomic E-state index is 6.62. The molecule has 0 saturated carbocycles. The van der Waals surface area contributed by atoms with Crippen molar-refractivity contribution in [2.75, 3.05) is 42.5 Å². The van der Waals surface area contributed by atoms with E-state index in [-0.39, 0.29) is 5.72 Å². The second kappa shape index (κ2) is 7.45. The zero-order valence-electron chi connectivity index (χ0n) is 16.9. The molecule has 0 bridgehead atoms. The lowest BCUT2D eigenvalue weighted by molar-refractivity contribution is -0.0708. The maximum atomic E-state index is 6.62. The molecule has 1 fully saturated rings. The third-order valence-corrected chi connectivity index (χ3v) is 6.08. The van der Waals surface area contributed by atoms with Gasteiger partial charge in [0.2, 0.25) is 0 Å². The van der Waals surface area contributed by atoms with Gasteiger partial charge in [0.25, 0.3) is 0 Å². The zero-order chi connectivity index (χ0) is 19.7. The van der Waals surface area contributed by atoms with Gasteiger partial charge >= 0.3 is 0 Å². The van der Waals surface area contributed by atoms with Gasteiger partial charge in [-0.05, 0) is 43.3 Å². The molecule has 1 saturated heterocycles. The van der Waals surface area contributed by atoms with Crippen molar-refractivity contribution in [3.63, 3.8) is 0 Å². The van der Waals surface area contributed by atoms with Crippen LogP contribution in [0.1, 0.15) is 6.92 Å². The minimum atomic E-state index is -0.368. The monoisotopic (exact) mass is 385 g/mol. The van der Waals surface area contributed by atoms with Crippen LogP contribution in [-0.2, 0) is 0 Å². The van der Waals surface area contributed by atoms with Gasteiger partial charge in [0, 0.05) is 37.6 Å². The molecule has 1 atom stereocenters. The SMILES string of the molecule is CC1(N2CCN(c3ccccc3)CC2)CN(c2ccccc2)c2ccccc2O1. The summed E-state index contributed by atoms with van der Waals surface area (Å²) in [5.41, 5.74) is 3.28. The summed E-state index contributed by atoms with van der Waals surface area (Å²) in [7, 11) is 0. The Morgan fingerprint density at radius 2 is 1.28 bits per heavy atom. The number of anilines is 3. The van der Waals surface area contributed by atoms with Crippen LogP contribution in [0, 0.1) is 0 Å². The van der Waals surface area contributed by atoms with Gasteiger partial charge < -0.3 is 14.5 Å². The number of para-hydroxylation sites is 4. The summed E-state index contributed by atoms with van der Waals surface area (Å²) in [6, 6.07) is 29.7. The quantitative estimate of drug-likeness (QED) is 0.647. The highest BCUT2D eigenvalue weighted by molar-refractivity contribution is 5.70. The Labute approximate surface area is 172 Å². The molecule has 2 aliphatic heterocycles. The molecule has 0 aromatic heterocycles. The molecule has 0 aliphatic carbocycles. The van der Waals surface area contributed by atoms with E-state index in [1.807, 2.05) is 0 Å². The lowest BCUT2D eigenvalue weighted by atomic mass is 10.1. The molecule has 3 aromatic rings. The number of ether oxygens (including phenoxy) is 1. The Hall–Kier alpha value is -2.98. The van der Waals surface area contributed by atoms with Gasteiger partial charge in [0.15, 0.2) is 5.72 Å². The molecule has 1 unspecified atom stereocenters. The lowest BCUT2D eigenvalue weighted by Crippen LogP contribution is -2.63. The summed E-state index contributed by atoms with van der Waals surface area (Å²) in [6.45, 7) is 7.02. The van der Waals surface area contributed by atoms with Crippen LogP contribution in [0.4, 0.5) is 17.1 Å². The van der Waals surface area contributed by atoms with Gasteiger partial charge in [-0.15, -0.1) is 0 Å². The number of hydrogen-bond acceptors (Lipinski definition) is 4. The number of rotatable bonds is 3. The van der Waals surface area contributed by atoms with Gasteiger partial charge in [-0.1, -0.05) is 48.5 Å². The molecule has 0 N–H and O–H groups in total. The molecule has 0 radical (unpaired) electrons. The third-order valence-electron chi connectivity index (χ3n) is 6.08. The summed E-state index contributed by atoms with van der Waals surface area (Å²) < 4.78 is 6.62. The van der Waals surface area contributed by atoms with Crippen molar-refractivity contribution >= 4 is 17.1 Å². The van der Waals surface area contributed by atoms with E-state index in [0.717, 1.165) is 44.2 Å². The van der Waals surface area contributed by atoms with Crippen LogP contribution in [0.2, 0.25) is 0 Å². The van der Waals surface area contributed by atoms with E-state index in [0.29, 0.717) is 0 Å². The fraction of sp³-hybridized carbons (Fsp3) is 0.280. The smallest absolute Gasteiger partial charge is 0.178 e. The number of piperazine rings is 1. The van der Waals surface area contributed by atoms with Crippen LogP contribution < -0.4 is 14.5 Å². The Morgan fingerprint density at radius 1 is 0.690 bits per heavy atom. The molecule has 148 valence electrons. The van der Waals surface area contributed by atoms with Crippen molar-refractivity contribution in [3.05, 3.63) is 84.9 Å². The van der Waals surface area contributed by atoms with Crippen molar-refractivity contribution in [3.8, 4) is 5.75 Å². The highest BCUT2D eigenvalue weighted by Crippen LogP contribution is 2.42. The summed E-state index contributed by atoms with van der Waals surface area (Å²) >= 11 is 0. The predicted octanol–water partition coefficient (Wildman–Crippen LogP) is 4.76. The fourth-order valence-corrected chi connectivity index (χ4v) is 4.49. The minimum Gasteiger partial charge on any atom is -0.469 e. The normalized spacial score (nSPS) is 22.1. The van der Waals surface area contributed by atoms with Crippen molar-refractivity contribution in [2.24, 2.45) is 0 Å². The molecule has 4 heteroatoms. The molecule has 0 amide bonds. The van der Waals surface area contributed by atoms with E-state index < -0.39 is 0 Å².